The first kappa shape index (κ1) is 21.4. The number of benzene rings is 2. The van der Waals surface area contributed by atoms with Crippen molar-refractivity contribution in [1.82, 2.24) is 4.98 Å². The van der Waals surface area contributed by atoms with Gasteiger partial charge in [0.05, 0.1) is 12.0 Å². The molecule has 1 aromatic heterocycles. The number of hydrogen-bond donors (Lipinski definition) is 1. The SMILES string of the molecule is COC(=O)/C=C/c1ccc(NCc2ccnc(Oc3ccc(F)cc3)c2)c([N+](=O)[O-])c1. The van der Waals surface area contributed by atoms with Gasteiger partial charge in [0.15, 0.2) is 0 Å². The van der Waals surface area contributed by atoms with Crippen LogP contribution in [0.3, 0.4) is 0 Å². The second kappa shape index (κ2) is 9.97. The highest BCUT2D eigenvalue weighted by Gasteiger charge is 2.14. The second-order valence-electron chi connectivity index (χ2n) is 6.30. The molecule has 0 aliphatic carbocycles. The van der Waals surface area contributed by atoms with Gasteiger partial charge in [0.25, 0.3) is 5.69 Å². The first-order valence-corrected chi connectivity index (χ1v) is 9.11. The predicted molar refractivity (Wildman–Crippen MR) is 112 cm³/mol. The Bertz CT molecular complexity index is 1120. The Morgan fingerprint density at radius 1 is 1.19 bits per heavy atom. The van der Waals surface area contributed by atoms with Gasteiger partial charge in [0.1, 0.15) is 17.3 Å². The van der Waals surface area contributed by atoms with Crippen molar-refractivity contribution in [2.75, 3.05) is 12.4 Å². The zero-order chi connectivity index (χ0) is 22.2. The summed E-state index contributed by atoms with van der Waals surface area (Å²) in [6.45, 7) is 0.278. The normalized spacial score (nSPS) is 10.6. The summed E-state index contributed by atoms with van der Waals surface area (Å²) in [5, 5.41) is 14.5. The number of nitrogens with zero attached hydrogens (tertiary/aromatic N) is 2. The average molecular weight is 423 g/mol. The molecule has 2 aromatic carbocycles. The molecule has 1 heterocycles. The maximum atomic E-state index is 13.0. The molecule has 0 amide bonds. The largest absolute Gasteiger partial charge is 0.466 e. The quantitative estimate of drug-likeness (QED) is 0.242. The number of carbonyl (C=O) groups excluding carboxylic acids is 1. The molecule has 0 spiro atoms. The van der Waals surface area contributed by atoms with Gasteiger partial charge in [0.2, 0.25) is 5.88 Å². The number of aromatic nitrogens is 1. The fraction of sp³-hybridized carbons (Fsp3) is 0.0909. The van der Waals surface area contributed by atoms with Gasteiger partial charge < -0.3 is 14.8 Å². The molecule has 0 unspecified atom stereocenters. The van der Waals surface area contributed by atoms with E-state index in [4.69, 9.17) is 4.74 Å². The zero-order valence-corrected chi connectivity index (χ0v) is 16.4. The van der Waals surface area contributed by atoms with Crippen LogP contribution in [0.15, 0.2) is 66.9 Å². The van der Waals surface area contributed by atoms with Crippen LogP contribution in [0, 0.1) is 15.9 Å². The molecule has 158 valence electrons. The molecule has 3 rings (SSSR count). The zero-order valence-electron chi connectivity index (χ0n) is 16.4. The molecule has 0 atom stereocenters. The Hall–Kier alpha value is -4.27. The Kier molecular flexibility index (Phi) is 6.89. The third-order valence-electron chi connectivity index (χ3n) is 4.15. The van der Waals surface area contributed by atoms with E-state index in [1.807, 2.05) is 0 Å². The van der Waals surface area contributed by atoms with Crippen molar-refractivity contribution >= 4 is 23.4 Å². The Morgan fingerprint density at radius 2 is 1.97 bits per heavy atom. The van der Waals surface area contributed by atoms with E-state index in [2.05, 4.69) is 15.0 Å². The van der Waals surface area contributed by atoms with Crippen LogP contribution in [0.1, 0.15) is 11.1 Å². The molecule has 8 nitrogen and oxygen atoms in total. The lowest BCUT2D eigenvalue weighted by Crippen LogP contribution is -2.03. The van der Waals surface area contributed by atoms with Crippen molar-refractivity contribution in [3.8, 4) is 11.6 Å². The van der Waals surface area contributed by atoms with Crippen LogP contribution >= 0.6 is 0 Å². The number of anilines is 1. The van der Waals surface area contributed by atoms with E-state index >= 15 is 0 Å². The van der Waals surface area contributed by atoms with Crippen molar-refractivity contribution in [2.24, 2.45) is 0 Å². The van der Waals surface area contributed by atoms with E-state index in [-0.39, 0.29) is 18.0 Å². The lowest BCUT2D eigenvalue weighted by atomic mass is 10.1. The minimum atomic E-state index is -0.554. The molecule has 0 fully saturated rings. The summed E-state index contributed by atoms with van der Waals surface area (Å²) in [6.07, 6.45) is 4.17. The molecular formula is C22H18FN3O5. The Labute approximate surface area is 177 Å². The number of rotatable bonds is 8. The van der Waals surface area contributed by atoms with Gasteiger partial charge in [-0.1, -0.05) is 6.07 Å². The fourth-order valence-corrected chi connectivity index (χ4v) is 2.62. The molecule has 0 saturated heterocycles. The van der Waals surface area contributed by atoms with E-state index in [0.29, 0.717) is 22.9 Å². The van der Waals surface area contributed by atoms with Crippen LogP contribution in [0.5, 0.6) is 11.6 Å². The molecule has 3 aromatic rings. The van der Waals surface area contributed by atoms with Crippen LogP contribution in [0.2, 0.25) is 0 Å². The van der Waals surface area contributed by atoms with E-state index in [1.165, 1.54) is 49.6 Å². The number of ether oxygens (including phenoxy) is 2. The van der Waals surface area contributed by atoms with Crippen molar-refractivity contribution in [1.29, 1.82) is 0 Å². The third-order valence-corrected chi connectivity index (χ3v) is 4.15. The summed E-state index contributed by atoms with van der Waals surface area (Å²) in [5.41, 5.74) is 1.44. The topological polar surface area (TPSA) is 104 Å². The highest BCUT2D eigenvalue weighted by atomic mass is 19.1. The van der Waals surface area contributed by atoms with E-state index in [0.717, 1.165) is 5.56 Å². The fourth-order valence-electron chi connectivity index (χ4n) is 2.62. The minimum Gasteiger partial charge on any atom is -0.466 e. The van der Waals surface area contributed by atoms with Crippen molar-refractivity contribution in [3.05, 3.63) is 93.9 Å². The van der Waals surface area contributed by atoms with E-state index in [1.54, 1.807) is 30.5 Å². The first-order chi connectivity index (χ1) is 14.9. The molecule has 0 bridgehead atoms. The van der Waals surface area contributed by atoms with Gasteiger partial charge in [-0.25, -0.2) is 14.2 Å². The first-order valence-electron chi connectivity index (χ1n) is 9.11. The number of carbonyl (C=O) groups is 1. The van der Waals surface area contributed by atoms with Gasteiger partial charge in [0, 0.05) is 31.0 Å². The molecule has 0 aliphatic rings. The summed E-state index contributed by atoms with van der Waals surface area (Å²) in [4.78, 5) is 26.3. The number of nitro benzene ring substituents is 1. The van der Waals surface area contributed by atoms with Crippen LogP contribution in [0.25, 0.3) is 6.08 Å². The molecule has 0 aliphatic heterocycles. The van der Waals surface area contributed by atoms with Gasteiger partial charge in [-0.3, -0.25) is 10.1 Å². The molecular weight excluding hydrogens is 405 g/mol. The molecule has 9 heteroatoms. The van der Waals surface area contributed by atoms with Crippen LogP contribution in [-0.4, -0.2) is 23.0 Å². The highest BCUT2D eigenvalue weighted by molar-refractivity contribution is 5.87. The van der Waals surface area contributed by atoms with Gasteiger partial charge in [-0.05, 0) is 53.6 Å². The van der Waals surface area contributed by atoms with Crippen LogP contribution in [0.4, 0.5) is 15.8 Å². The molecule has 31 heavy (non-hydrogen) atoms. The molecule has 0 saturated carbocycles. The Morgan fingerprint density at radius 3 is 2.68 bits per heavy atom. The second-order valence-corrected chi connectivity index (χ2v) is 6.30. The minimum absolute atomic E-state index is 0.135. The van der Waals surface area contributed by atoms with Crippen molar-refractivity contribution < 1.29 is 23.6 Å². The monoisotopic (exact) mass is 423 g/mol. The summed E-state index contributed by atoms with van der Waals surface area (Å²) in [5.74, 6) is -0.179. The van der Waals surface area contributed by atoms with Gasteiger partial charge in [-0.2, -0.15) is 0 Å². The lowest BCUT2D eigenvalue weighted by molar-refractivity contribution is -0.384. The summed E-state index contributed by atoms with van der Waals surface area (Å²) in [7, 11) is 1.25. The number of nitrogens with one attached hydrogen (secondary N) is 1. The number of pyridine rings is 1. The number of hydrogen-bond acceptors (Lipinski definition) is 7. The van der Waals surface area contributed by atoms with Gasteiger partial charge in [-0.15, -0.1) is 0 Å². The molecule has 1 N–H and O–H groups in total. The number of esters is 1. The summed E-state index contributed by atoms with van der Waals surface area (Å²) >= 11 is 0. The Balaban J connectivity index is 1.71. The maximum Gasteiger partial charge on any atom is 0.330 e. The standard InChI is InChI=1S/C22H18FN3O5/c1-30-22(27)9-3-15-2-8-19(20(12-15)26(28)29)25-14-16-10-11-24-21(13-16)31-18-6-4-17(23)5-7-18/h2-13,25H,14H2,1H3/b9-3+. The lowest BCUT2D eigenvalue weighted by Gasteiger charge is -2.10. The highest BCUT2D eigenvalue weighted by Crippen LogP contribution is 2.27. The van der Waals surface area contributed by atoms with Gasteiger partial charge >= 0.3 is 5.97 Å². The third kappa shape index (κ3) is 6.10. The van der Waals surface area contributed by atoms with Crippen LogP contribution in [-0.2, 0) is 16.1 Å². The van der Waals surface area contributed by atoms with Crippen molar-refractivity contribution in [2.45, 2.75) is 6.54 Å². The molecule has 0 radical (unpaired) electrons. The summed E-state index contributed by atoms with van der Waals surface area (Å²) < 4.78 is 23.1. The van der Waals surface area contributed by atoms with Crippen molar-refractivity contribution in [3.63, 3.8) is 0 Å². The number of halogens is 1. The average Bonchev–Trinajstić information content (AvgIpc) is 2.78. The number of nitro groups is 1. The van der Waals surface area contributed by atoms with E-state index in [9.17, 15) is 19.3 Å². The summed E-state index contributed by atoms with van der Waals surface area (Å²) in [6, 6.07) is 13.5. The van der Waals surface area contributed by atoms with E-state index < -0.39 is 10.9 Å². The maximum absolute atomic E-state index is 13.0. The van der Waals surface area contributed by atoms with Crippen LogP contribution < -0.4 is 10.1 Å². The smallest absolute Gasteiger partial charge is 0.330 e. The predicted octanol–water partition coefficient (Wildman–Crippen LogP) is 4.72. The number of methoxy groups -OCH3 is 1.